The number of esters is 1. The summed E-state index contributed by atoms with van der Waals surface area (Å²) in [6.45, 7) is 2.03. The van der Waals surface area contributed by atoms with Gasteiger partial charge in [-0.2, -0.15) is 5.10 Å². The predicted molar refractivity (Wildman–Crippen MR) is 77.0 cm³/mol. The molecule has 112 valence electrons. The number of aromatic nitrogens is 2. The Hall–Kier alpha value is -2.44. The van der Waals surface area contributed by atoms with Crippen LogP contribution >= 0.6 is 0 Å². The van der Waals surface area contributed by atoms with Crippen LogP contribution in [0.5, 0.6) is 0 Å². The van der Waals surface area contributed by atoms with Gasteiger partial charge in [0.25, 0.3) is 5.69 Å². The molecule has 0 fully saturated rings. The second-order valence-electron chi connectivity index (χ2n) is 4.77. The maximum absolute atomic E-state index is 12.0. The van der Waals surface area contributed by atoms with Crippen LogP contribution in [0.4, 0.5) is 5.69 Å². The molecule has 0 N–H and O–H groups in total. The highest BCUT2D eigenvalue weighted by molar-refractivity contribution is 5.83. The zero-order valence-electron chi connectivity index (χ0n) is 12.0. The fourth-order valence-electron chi connectivity index (χ4n) is 2.26. The molecule has 2 rings (SSSR count). The summed E-state index contributed by atoms with van der Waals surface area (Å²) in [5.74, 6) is -0.389. The molecule has 1 atom stereocenters. The minimum absolute atomic E-state index is 0.0247. The molecule has 0 aliphatic heterocycles. The number of methoxy groups -OCH3 is 1. The van der Waals surface area contributed by atoms with E-state index in [-0.39, 0.29) is 11.7 Å². The van der Waals surface area contributed by atoms with Gasteiger partial charge in [0.05, 0.1) is 23.7 Å². The van der Waals surface area contributed by atoms with Crippen LogP contribution in [0, 0.1) is 10.1 Å². The van der Waals surface area contributed by atoms with Gasteiger partial charge < -0.3 is 4.74 Å². The topological polar surface area (TPSA) is 87.3 Å². The SMILES string of the molecule is CCCCC(C(=O)OC)n1ncc2ccc([N+](=O)[O-])cc21. The number of nitro groups is 1. The molecule has 7 heteroatoms. The van der Waals surface area contributed by atoms with E-state index in [1.807, 2.05) is 6.92 Å². The van der Waals surface area contributed by atoms with Crippen LogP contribution in [0.1, 0.15) is 32.2 Å². The van der Waals surface area contributed by atoms with Gasteiger partial charge in [-0.05, 0) is 12.5 Å². The van der Waals surface area contributed by atoms with Gasteiger partial charge in [0.1, 0.15) is 6.04 Å². The Kier molecular flexibility index (Phi) is 4.52. The van der Waals surface area contributed by atoms with E-state index < -0.39 is 11.0 Å². The molecule has 0 bridgehead atoms. The number of benzene rings is 1. The molecular weight excluding hydrogens is 274 g/mol. The Morgan fingerprint density at radius 1 is 1.52 bits per heavy atom. The highest BCUT2D eigenvalue weighted by Crippen LogP contribution is 2.26. The number of nitro benzene ring substituents is 1. The maximum atomic E-state index is 12.0. The lowest BCUT2D eigenvalue weighted by molar-refractivity contribution is -0.384. The van der Waals surface area contributed by atoms with Crippen molar-refractivity contribution >= 4 is 22.6 Å². The lowest BCUT2D eigenvalue weighted by atomic mass is 10.1. The van der Waals surface area contributed by atoms with Crippen molar-refractivity contribution in [3.05, 3.63) is 34.5 Å². The molecule has 0 aliphatic carbocycles. The van der Waals surface area contributed by atoms with E-state index in [0.717, 1.165) is 18.2 Å². The summed E-state index contributed by atoms with van der Waals surface area (Å²) in [7, 11) is 1.33. The Labute approximate surface area is 121 Å². The Morgan fingerprint density at radius 3 is 2.90 bits per heavy atom. The van der Waals surface area contributed by atoms with E-state index in [9.17, 15) is 14.9 Å². The van der Waals surface area contributed by atoms with E-state index in [1.165, 1.54) is 23.9 Å². The zero-order valence-corrected chi connectivity index (χ0v) is 12.0. The number of rotatable bonds is 6. The lowest BCUT2D eigenvalue weighted by Crippen LogP contribution is -2.22. The molecule has 2 aromatic rings. The zero-order chi connectivity index (χ0) is 15.4. The number of fused-ring (bicyclic) bond motifs is 1. The third kappa shape index (κ3) is 3.01. The summed E-state index contributed by atoms with van der Waals surface area (Å²) in [4.78, 5) is 22.4. The van der Waals surface area contributed by atoms with Gasteiger partial charge in [-0.1, -0.05) is 19.8 Å². The quantitative estimate of drug-likeness (QED) is 0.464. The molecule has 0 amide bonds. The van der Waals surface area contributed by atoms with E-state index in [4.69, 9.17) is 4.74 Å². The van der Waals surface area contributed by atoms with Gasteiger partial charge in [-0.15, -0.1) is 0 Å². The molecule has 0 saturated heterocycles. The predicted octanol–water partition coefficient (Wildman–Crippen LogP) is 2.85. The van der Waals surface area contributed by atoms with Crippen molar-refractivity contribution in [1.29, 1.82) is 0 Å². The number of hydrogen-bond donors (Lipinski definition) is 0. The second-order valence-corrected chi connectivity index (χ2v) is 4.77. The van der Waals surface area contributed by atoms with Crippen molar-refractivity contribution in [3.63, 3.8) is 0 Å². The first-order valence-electron chi connectivity index (χ1n) is 6.78. The molecule has 0 spiro atoms. The molecular formula is C14H17N3O4. The number of hydrogen-bond acceptors (Lipinski definition) is 5. The number of non-ortho nitro benzene ring substituents is 1. The van der Waals surface area contributed by atoms with Crippen molar-refractivity contribution in [2.75, 3.05) is 7.11 Å². The highest BCUT2D eigenvalue weighted by Gasteiger charge is 2.24. The third-order valence-electron chi connectivity index (χ3n) is 3.39. The molecule has 1 heterocycles. The summed E-state index contributed by atoms with van der Waals surface area (Å²) < 4.78 is 6.34. The summed E-state index contributed by atoms with van der Waals surface area (Å²) in [6, 6.07) is 3.93. The van der Waals surface area contributed by atoms with Crippen molar-refractivity contribution in [2.45, 2.75) is 32.2 Å². The van der Waals surface area contributed by atoms with E-state index in [1.54, 1.807) is 12.3 Å². The van der Waals surface area contributed by atoms with Crippen LogP contribution in [0.3, 0.4) is 0 Å². The van der Waals surface area contributed by atoms with E-state index in [2.05, 4.69) is 5.10 Å². The van der Waals surface area contributed by atoms with Gasteiger partial charge in [-0.3, -0.25) is 14.8 Å². The van der Waals surface area contributed by atoms with Crippen LogP contribution in [-0.2, 0) is 9.53 Å². The molecule has 1 unspecified atom stereocenters. The second kappa shape index (κ2) is 6.34. The van der Waals surface area contributed by atoms with Crippen LogP contribution in [-0.4, -0.2) is 27.8 Å². The molecule has 1 aromatic carbocycles. The molecule has 7 nitrogen and oxygen atoms in total. The summed E-state index contributed by atoms with van der Waals surface area (Å²) in [6.07, 6.45) is 3.96. The van der Waals surface area contributed by atoms with Crippen molar-refractivity contribution in [2.24, 2.45) is 0 Å². The lowest BCUT2D eigenvalue weighted by Gasteiger charge is -2.15. The average molecular weight is 291 g/mol. The van der Waals surface area contributed by atoms with Crippen molar-refractivity contribution in [1.82, 2.24) is 9.78 Å². The van der Waals surface area contributed by atoms with Gasteiger partial charge in [-0.25, -0.2) is 4.79 Å². The number of nitrogens with zero attached hydrogens (tertiary/aromatic N) is 3. The minimum Gasteiger partial charge on any atom is -0.467 e. The standard InChI is InChI=1S/C14H17N3O4/c1-3-4-5-12(14(18)21-2)16-13-8-11(17(19)20)7-6-10(13)9-15-16/h6-9,12H,3-5H2,1-2H3. The first kappa shape index (κ1) is 15.0. The first-order chi connectivity index (χ1) is 10.1. The molecule has 1 aromatic heterocycles. The number of ether oxygens (including phenoxy) is 1. The third-order valence-corrected chi connectivity index (χ3v) is 3.39. The van der Waals surface area contributed by atoms with Crippen molar-refractivity contribution < 1.29 is 14.5 Å². The van der Waals surface area contributed by atoms with E-state index in [0.29, 0.717) is 11.9 Å². The fraction of sp³-hybridized carbons (Fsp3) is 0.429. The largest absolute Gasteiger partial charge is 0.467 e. The van der Waals surface area contributed by atoms with Crippen LogP contribution in [0.2, 0.25) is 0 Å². The van der Waals surface area contributed by atoms with Crippen molar-refractivity contribution in [3.8, 4) is 0 Å². The molecule has 0 aliphatic rings. The molecule has 0 radical (unpaired) electrons. The average Bonchev–Trinajstić information content (AvgIpc) is 2.90. The first-order valence-corrected chi connectivity index (χ1v) is 6.78. The molecule has 0 saturated carbocycles. The molecule has 21 heavy (non-hydrogen) atoms. The number of unbranched alkanes of at least 4 members (excludes halogenated alkanes) is 1. The van der Waals surface area contributed by atoms with Gasteiger partial charge in [0.15, 0.2) is 0 Å². The van der Waals surface area contributed by atoms with Crippen LogP contribution in [0.25, 0.3) is 10.9 Å². The Bertz CT molecular complexity index is 665. The Morgan fingerprint density at radius 2 is 2.29 bits per heavy atom. The van der Waals surface area contributed by atoms with Crippen LogP contribution < -0.4 is 0 Å². The monoisotopic (exact) mass is 291 g/mol. The highest BCUT2D eigenvalue weighted by atomic mass is 16.6. The van der Waals surface area contributed by atoms with Gasteiger partial charge in [0.2, 0.25) is 0 Å². The Balaban J connectivity index is 2.48. The number of carbonyl (C=O) groups is 1. The summed E-state index contributed by atoms with van der Waals surface area (Å²) in [5.41, 5.74) is 0.541. The fourth-order valence-corrected chi connectivity index (χ4v) is 2.26. The van der Waals surface area contributed by atoms with Gasteiger partial charge >= 0.3 is 5.97 Å². The van der Waals surface area contributed by atoms with Crippen LogP contribution in [0.15, 0.2) is 24.4 Å². The smallest absolute Gasteiger partial charge is 0.330 e. The maximum Gasteiger partial charge on any atom is 0.330 e. The van der Waals surface area contributed by atoms with E-state index >= 15 is 0 Å². The summed E-state index contributed by atoms with van der Waals surface area (Å²) >= 11 is 0. The summed E-state index contributed by atoms with van der Waals surface area (Å²) in [5, 5.41) is 15.9. The van der Waals surface area contributed by atoms with Gasteiger partial charge in [0, 0.05) is 17.5 Å². The normalized spacial score (nSPS) is 12.3. The number of carbonyl (C=O) groups excluding carboxylic acids is 1. The minimum atomic E-state index is -0.561.